The SMILES string of the molecule is CCCC[N+](C)=C1C(N(CC)CC)C1N(CC)CC. The molecule has 1 aliphatic carbocycles. The normalized spacial score (nSPS) is 22.4. The molecule has 0 N–H and O–H groups in total. The predicted octanol–water partition coefficient (Wildman–Crippen LogP) is 2.30. The van der Waals surface area contributed by atoms with E-state index >= 15 is 0 Å². The van der Waals surface area contributed by atoms with Crippen LogP contribution >= 0.6 is 0 Å². The molecule has 1 rings (SSSR count). The van der Waals surface area contributed by atoms with Crippen molar-refractivity contribution in [3.63, 3.8) is 0 Å². The van der Waals surface area contributed by atoms with Crippen molar-refractivity contribution in [3.8, 4) is 0 Å². The number of likely N-dealkylation sites (N-methyl/N-ethyl adjacent to an activating group) is 2. The molecular weight excluding hydrogens is 234 g/mol. The molecule has 0 amide bonds. The van der Waals surface area contributed by atoms with E-state index in [0.717, 1.165) is 26.2 Å². The second-order valence-corrected chi connectivity index (χ2v) is 5.53. The zero-order chi connectivity index (χ0) is 14.4. The minimum Gasteiger partial charge on any atom is -0.290 e. The Kier molecular flexibility index (Phi) is 7.01. The summed E-state index contributed by atoms with van der Waals surface area (Å²) < 4.78 is 2.52. The van der Waals surface area contributed by atoms with E-state index in [0.29, 0.717) is 12.1 Å². The van der Waals surface area contributed by atoms with Gasteiger partial charge in [0.15, 0.2) is 5.71 Å². The van der Waals surface area contributed by atoms with Crippen LogP contribution in [-0.4, -0.2) is 71.9 Å². The first-order chi connectivity index (χ1) is 9.15. The average Bonchev–Trinajstić information content (AvgIpc) is 3.14. The molecular formula is C16H34N3+. The molecule has 0 spiro atoms. The van der Waals surface area contributed by atoms with E-state index in [9.17, 15) is 0 Å². The van der Waals surface area contributed by atoms with Gasteiger partial charge in [-0.15, -0.1) is 0 Å². The van der Waals surface area contributed by atoms with Crippen molar-refractivity contribution in [2.24, 2.45) is 0 Å². The highest BCUT2D eigenvalue weighted by atomic mass is 15.3. The van der Waals surface area contributed by atoms with Gasteiger partial charge in [0.2, 0.25) is 0 Å². The summed E-state index contributed by atoms with van der Waals surface area (Å²) in [6.45, 7) is 17.2. The molecule has 1 aliphatic rings. The third-order valence-electron chi connectivity index (χ3n) is 4.50. The molecule has 0 aromatic rings. The summed E-state index contributed by atoms with van der Waals surface area (Å²) in [7, 11) is 2.28. The molecule has 0 aromatic carbocycles. The molecule has 19 heavy (non-hydrogen) atoms. The lowest BCUT2D eigenvalue weighted by atomic mass is 10.3. The van der Waals surface area contributed by atoms with E-state index in [-0.39, 0.29) is 0 Å². The van der Waals surface area contributed by atoms with Crippen molar-refractivity contribution < 1.29 is 4.58 Å². The zero-order valence-corrected chi connectivity index (χ0v) is 13.9. The highest BCUT2D eigenvalue weighted by Crippen LogP contribution is 2.30. The second-order valence-electron chi connectivity index (χ2n) is 5.53. The van der Waals surface area contributed by atoms with Gasteiger partial charge in [-0.25, -0.2) is 4.58 Å². The second kappa shape index (κ2) is 8.01. The van der Waals surface area contributed by atoms with Gasteiger partial charge in [0.25, 0.3) is 0 Å². The van der Waals surface area contributed by atoms with Crippen LogP contribution in [0.1, 0.15) is 47.5 Å². The van der Waals surface area contributed by atoms with Crippen LogP contribution in [0.15, 0.2) is 0 Å². The van der Waals surface area contributed by atoms with Crippen molar-refractivity contribution >= 4 is 5.71 Å². The minimum absolute atomic E-state index is 0.664. The molecule has 112 valence electrons. The fourth-order valence-electron chi connectivity index (χ4n) is 3.21. The quantitative estimate of drug-likeness (QED) is 0.594. The summed E-state index contributed by atoms with van der Waals surface area (Å²) in [6.07, 6.45) is 2.58. The van der Waals surface area contributed by atoms with Gasteiger partial charge in [0.1, 0.15) is 25.7 Å². The fourth-order valence-corrected chi connectivity index (χ4v) is 3.21. The van der Waals surface area contributed by atoms with Gasteiger partial charge in [-0.2, -0.15) is 0 Å². The summed E-state index contributed by atoms with van der Waals surface area (Å²) in [5, 5.41) is 0. The van der Waals surface area contributed by atoms with Gasteiger partial charge in [-0.05, 0) is 26.2 Å². The lowest BCUT2D eigenvalue weighted by Gasteiger charge is -2.20. The summed E-state index contributed by atoms with van der Waals surface area (Å²) >= 11 is 0. The first-order valence-corrected chi connectivity index (χ1v) is 8.21. The molecule has 2 atom stereocenters. The van der Waals surface area contributed by atoms with Crippen LogP contribution in [0.2, 0.25) is 0 Å². The maximum Gasteiger partial charge on any atom is 0.191 e. The summed E-state index contributed by atoms with van der Waals surface area (Å²) in [5.74, 6) is 0. The van der Waals surface area contributed by atoms with Crippen LogP contribution in [0.5, 0.6) is 0 Å². The first kappa shape index (κ1) is 16.6. The predicted molar refractivity (Wildman–Crippen MR) is 84.4 cm³/mol. The van der Waals surface area contributed by atoms with E-state index in [1.807, 2.05) is 0 Å². The highest BCUT2D eigenvalue weighted by Gasteiger charge is 2.58. The van der Waals surface area contributed by atoms with E-state index in [1.54, 1.807) is 5.71 Å². The molecule has 0 aromatic heterocycles. The van der Waals surface area contributed by atoms with Gasteiger partial charge < -0.3 is 0 Å². The van der Waals surface area contributed by atoms with E-state index in [1.165, 1.54) is 19.4 Å². The van der Waals surface area contributed by atoms with E-state index in [4.69, 9.17) is 0 Å². The summed E-state index contributed by atoms with van der Waals surface area (Å²) in [6, 6.07) is 1.33. The Morgan fingerprint density at radius 3 is 1.58 bits per heavy atom. The summed E-state index contributed by atoms with van der Waals surface area (Å²) in [4.78, 5) is 5.22. The maximum atomic E-state index is 2.61. The lowest BCUT2D eigenvalue weighted by Crippen LogP contribution is -2.34. The van der Waals surface area contributed by atoms with Crippen molar-refractivity contribution in [1.82, 2.24) is 9.80 Å². The van der Waals surface area contributed by atoms with E-state index in [2.05, 4.69) is 56.0 Å². The average molecular weight is 268 g/mol. The van der Waals surface area contributed by atoms with Crippen molar-refractivity contribution in [3.05, 3.63) is 0 Å². The molecule has 1 fully saturated rings. The van der Waals surface area contributed by atoms with Gasteiger partial charge in [-0.1, -0.05) is 41.0 Å². The number of hydrogen-bond donors (Lipinski definition) is 0. The number of nitrogens with zero attached hydrogens (tertiary/aromatic N) is 3. The number of unbranched alkanes of at least 4 members (excludes halogenated alkanes) is 1. The van der Waals surface area contributed by atoms with Gasteiger partial charge in [0, 0.05) is 6.42 Å². The molecule has 0 heterocycles. The maximum absolute atomic E-state index is 2.61. The third kappa shape index (κ3) is 3.79. The van der Waals surface area contributed by atoms with Crippen LogP contribution in [0.25, 0.3) is 0 Å². The largest absolute Gasteiger partial charge is 0.290 e. The van der Waals surface area contributed by atoms with Crippen molar-refractivity contribution in [2.75, 3.05) is 39.8 Å². The van der Waals surface area contributed by atoms with Crippen LogP contribution in [-0.2, 0) is 0 Å². The fraction of sp³-hybridized carbons (Fsp3) is 0.938. The van der Waals surface area contributed by atoms with Crippen molar-refractivity contribution in [1.29, 1.82) is 0 Å². The van der Waals surface area contributed by atoms with Crippen LogP contribution in [0.3, 0.4) is 0 Å². The van der Waals surface area contributed by atoms with Gasteiger partial charge in [-0.3, -0.25) is 9.80 Å². The Bertz CT molecular complexity index is 270. The van der Waals surface area contributed by atoms with Gasteiger partial charge >= 0.3 is 0 Å². The standard InChI is InChI=1S/C16H34N3/c1-7-12-13-17(6)14-15(18(8-2)9-3)16(14)19(10-4)11-5/h15-16H,7-13H2,1-6H3/q+1. The van der Waals surface area contributed by atoms with Crippen molar-refractivity contribution in [2.45, 2.75) is 59.5 Å². The molecule has 0 radical (unpaired) electrons. The van der Waals surface area contributed by atoms with E-state index < -0.39 is 0 Å². The number of hydrogen-bond acceptors (Lipinski definition) is 2. The van der Waals surface area contributed by atoms with Crippen LogP contribution in [0, 0.1) is 0 Å². The molecule has 1 saturated carbocycles. The Labute approximate surface area is 120 Å². The topological polar surface area (TPSA) is 9.49 Å². The molecule has 3 nitrogen and oxygen atoms in total. The van der Waals surface area contributed by atoms with Crippen LogP contribution in [0.4, 0.5) is 0 Å². The van der Waals surface area contributed by atoms with Crippen LogP contribution < -0.4 is 0 Å². The highest BCUT2D eigenvalue weighted by molar-refractivity contribution is 6.08. The smallest absolute Gasteiger partial charge is 0.191 e. The Hall–Kier alpha value is -0.410. The molecule has 0 aliphatic heterocycles. The zero-order valence-electron chi connectivity index (χ0n) is 13.9. The Morgan fingerprint density at radius 2 is 1.26 bits per heavy atom. The lowest BCUT2D eigenvalue weighted by molar-refractivity contribution is -0.496. The monoisotopic (exact) mass is 268 g/mol. The minimum atomic E-state index is 0.664. The number of rotatable bonds is 9. The molecule has 0 bridgehead atoms. The molecule has 0 saturated heterocycles. The third-order valence-corrected chi connectivity index (χ3v) is 4.50. The van der Waals surface area contributed by atoms with Gasteiger partial charge in [0.05, 0.1) is 0 Å². The molecule has 2 unspecified atom stereocenters. The first-order valence-electron chi connectivity index (χ1n) is 8.21. The summed E-state index contributed by atoms with van der Waals surface area (Å²) in [5.41, 5.74) is 1.65. The Morgan fingerprint density at radius 1 is 0.842 bits per heavy atom. The Balaban J connectivity index is 2.86. The molecule has 3 heteroatoms.